The van der Waals surface area contributed by atoms with Gasteiger partial charge in [0, 0.05) is 43.7 Å². The van der Waals surface area contributed by atoms with E-state index in [0.29, 0.717) is 6.54 Å². The van der Waals surface area contributed by atoms with Gasteiger partial charge in [0.1, 0.15) is 0 Å². The molecule has 146 valence electrons. The van der Waals surface area contributed by atoms with Gasteiger partial charge in [-0.1, -0.05) is 24.3 Å². The van der Waals surface area contributed by atoms with Gasteiger partial charge in [0.2, 0.25) is 0 Å². The quantitative estimate of drug-likeness (QED) is 0.265. The molecule has 5 nitrogen and oxygen atoms in total. The van der Waals surface area contributed by atoms with Crippen molar-refractivity contribution in [1.29, 1.82) is 0 Å². The van der Waals surface area contributed by atoms with Crippen molar-refractivity contribution in [3.05, 3.63) is 58.1 Å². The molecule has 1 aliphatic rings. The molecule has 7 heteroatoms. The molecular weight excluding hydrogens is 469 g/mol. The Morgan fingerprint density at radius 3 is 2.56 bits per heavy atom. The van der Waals surface area contributed by atoms with E-state index in [4.69, 9.17) is 4.99 Å². The highest BCUT2D eigenvalue weighted by molar-refractivity contribution is 14.0. The molecule has 0 radical (unpaired) electrons. The first-order valence-electron chi connectivity index (χ1n) is 9.16. The van der Waals surface area contributed by atoms with Crippen LogP contribution in [0.1, 0.15) is 23.2 Å². The summed E-state index contributed by atoms with van der Waals surface area (Å²) in [5.41, 5.74) is 3.63. The minimum absolute atomic E-state index is 0. The minimum Gasteiger partial charge on any atom is -0.364 e. The number of hydrogen-bond donors (Lipinski definition) is 2. The highest BCUT2D eigenvalue weighted by Crippen LogP contribution is 2.17. The molecule has 0 amide bonds. The Labute approximate surface area is 183 Å². The van der Waals surface area contributed by atoms with E-state index >= 15 is 0 Å². The highest BCUT2D eigenvalue weighted by atomic mass is 127. The number of nitrogens with one attached hydrogen (secondary N) is 2. The summed E-state index contributed by atoms with van der Waals surface area (Å²) < 4.78 is 0. The summed E-state index contributed by atoms with van der Waals surface area (Å²) in [5.74, 6) is 0.854. The standard InChI is InChI=1S/C20H27N5S.HI/c1-3-21-20(22-11-10-18-15-26-16(2)24-18)23-14-17-6-8-19(9-7-17)25-12-4-5-13-25;/h4-9,15H,3,10-14H2,1-2H3,(H2,21,22,23);1H. The van der Waals surface area contributed by atoms with Crippen LogP contribution in [0.4, 0.5) is 5.69 Å². The Hall–Kier alpha value is -1.61. The van der Waals surface area contributed by atoms with Crippen molar-refractivity contribution in [3.63, 3.8) is 0 Å². The zero-order chi connectivity index (χ0) is 18.2. The third kappa shape index (κ3) is 6.80. The molecule has 3 rings (SSSR count). The molecule has 0 unspecified atom stereocenters. The number of aliphatic imine (C=N–C) groups is 1. The summed E-state index contributed by atoms with van der Waals surface area (Å²) in [6, 6.07) is 8.70. The zero-order valence-electron chi connectivity index (χ0n) is 15.9. The molecule has 0 saturated heterocycles. The summed E-state index contributed by atoms with van der Waals surface area (Å²) >= 11 is 1.70. The van der Waals surface area contributed by atoms with Crippen LogP contribution < -0.4 is 15.5 Å². The number of benzene rings is 1. The smallest absolute Gasteiger partial charge is 0.191 e. The fraction of sp³-hybridized carbons (Fsp3) is 0.400. The van der Waals surface area contributed by atoms with Gasteiger partial charge in [-0.25, -0.2) is 9.98 Å². The van der Waals surface area contributed by atoms with Crippen LogP contribution in [0.2, 0.25) is 0 Å². The molecule has 0 fully saturated rings. The van der Waals surface area contributed by atoms with E-state index in [0.717, 1.165) is 49.3 Å². The topological polar surface area (TPSA) is 52.6 Å². The van der Waals surface area contributed by atoms with Gasteiger partial charge >= 0.3 is 0 Å². The third-order valence-electron chi connectivity index (χ3n) is 4.22. The number of halogens is 1. The molecule has 1 aromatic carbocycles. The van der Waals surface area contributed by atoms with E-state index in [2.05, 4.69) is 69.2 Å². The lowest BCUT2D eigenvalue weighted by Crippen LogP contribution is -2.38. The van der Waals surface area contributed by atoms with Crippen LogP contribution in [0.25, 0.3) is 0 Å². The van der Waals surface area contributed by atoms with E-state index in [9.17, 15) is 0 Å². The fourth-order valence-electron chi connectivity index (χ4n) is 2.85. The largest absolute Gasteiger partial charge is 0.364 e. The predicted octanol–water partition coefficient (Wildman–Crippen LogP) is 3.74. The molecule has 0 saturated carbocycles. The van der Waals surface area contributed by atoms with Gasteiger partial charge in [0.05, 0.1) is 17.2 Å². The number of thiazole rings is 1. The summed E-state index contributed by atoms with van der Waals surface area (Å²) in [6.45, 7) is 8.48. The van der Waals surface area contributed by atoms with Gasteiger partial charge in [-0.05, 0) is 31.5 Å². The summed E-state index contributed by atoms with van der Waals surface area (Å²) in [6.07, 6.45) is 5.33. The van der Waals surface area contributed by atoms with Gasteiger partial charge in [0.15, 0.2) is 5.96 Å². The SMILES string of the molecule is CCNC(=NCc1ccc(N2CC=CC2)cc1)NCCc1csc(C)n1.I. The van der Waals surface area contributed by atoms with Crippen molar-refractivity contribution >= 4 is 47.0 Å². The summed E-state index contributed by atoms with van der Waals surface area (Å²) in [5, 5.41) is 9.94. The Morgan fingerprint density at radius 2 is 1.93 bits per heavy atom. The average molecular weight is 497 g/mol. The van der Waals surface area contributed by atoms with Crippen LogP contribution in [0, 0.1) is 6.92 Å². The van der Waals surface area contributed by atoms with Crippen molar-refractivity contribution in [2.75, 3.05) is 31.1 Å². The molecule has 0 aliphatic carbocycles. The average Bonchev–Trinajstić information content (AvgIpc) is 3.32. The van der Waals surface area contributed by atoms with Gasteiger partial charge in [-0.15, -0.1) is 35.3 Å². The molecule has 0 spiro atoms. The molecule has 1 aliphatic heterocycles. The number of guanidine groups is 1. The van der Waals surface area contributed by atoms with Crippen LogP contribution in [0.3, 0.4) is 0 Å². The summed E-state index contributed by atoms with van der Waals surface area (Å²) in [7, 11) is 0. The molecular formula is C20H28IN5S. The van der Waals surface area contributed by atoms with E-state index in [1.807, 2.05) is 6.92 Å². The van der Waals surface area contributed by atoms with Gasteiger partial charge in [-0.3, -0.25) is 0 Å². The predicted molar refractivity (Wildman–Crippen MR) is 127 cm³/mol. The Kier molecular flexibility index (Phi) is 9.06. The minimum atomic E-state index is 0. The third-order valence-corrected chi connectivity index (χ3v) is 5.05. The van der Waals surface area contributed by atoms with Crippen LogP contribution in [0.5, 0.6) is 0 Å². The second-order valence-corrected chi connectivity index (χ2v) is 7.33. The maximum atomic E-state index is 4.70. The first-order valence-corrected chi connectivity index (χ1v) is 10.0. The maximum absolute atomic E-state index is 4.70. The molecule has 0 atom stereocenters. The lowest BCUT2D eigenvalue weighted by atomic mass is 10.2. The molecule has 27 heavy (non-hydrogen) atoms. The lowest BCUT2D eigenvalue weighted by Gasteiger charge is -2.17. The van der Waals surface area contributed by atoms with Crippen molar-refractivity contribution in [3.8, 4) is 0 Å². The van der Waals surface area contributed by atoms with Crippen molar-refractivity contribution in [2.24, 2.45) is 4.99 Å². The summed E-state index contributed by atoms with van der Waals surface area (Å²) in [4.78, 5) is 11.5. The molecule has 0 bridgehead atoms. The second kappa shape index (κ2) is 11.3. The van der Waals surface area contributed by atoms with Crippen LogP contribution in [-0.4, -0.2) is 37.1 Å². The van der Waals surface area contributed by atoms with Crippen LogP contribution in [0.15, 0.2) is 46.8 Å². The van der Waals surface area contributed by atoms with E-state index < -0.39 is 0 Å². The highest BCUT2D eigenvalue weighted by Gasteiger charge is 2.07. The number of aryl methyl sites for hydroxylation is 1. The fourth-order valence-corrected chi connectivity index (χ4v) is 3.49. The first kappa shape index (κ1) is 21.7. The normalized spacial score (nSPS) is 13.6. The van der Waals surface area contributed by atoms with Crippen LogP contribution in [-0.2, 0) is 13.0 Å². The second-order valence-electron chi connectivity index (χ2n) is 6.27. The van der Waals surface area contributed by atoms with E-state index in [1.54, 1.807) is 11.3 Å². The lowest BCUT2D eigenvalue weighted by molar-refractivity contribution is 0.790. The number of nitrogens with zero attached hydrogens (tertiary/aromatic N) is 3. The maximum Gasteiger partial charge on any atom is 0.191 e. The van der Waals surface area contributed by atoms with Crippen molar-refractivity contribution in [1.82, 2.24) is 15.6 Å². The molecule has 2 heterocycles. The first-order chi connectivity index (χ1) is 12.7. The monoisotopic (exact) mass is 497 g/mol. The zero-order valence-corrected chi connectivity index (χ0v) is 19.1. The van der Waals surface area contributed by atoms with Crippen molar-refractivity contribution in [2.45, 2.75) is 26.8 Å². The Bertz CT molecular complexity index is 746. The van der Waals surface area contributed by atoms with E-state index in [-0.39, 0.29) is 24.0 Å². The van der Waals surface area contributed by atoms with E-state index in [1.165, 1.54) is 11.3 Å². The number of aromatic nitrogens is 1. The Morgan fingerprint density at radius 1 is 1.19 bits per heavy atom. The Balaban J connectivity index is 0.00000261. The van der Waals surface area contributed by atoms with Crippen molar-refractivity contribution < 1.29 is 0 Å². The molecule has 1 aromatic heterocycles. The van der Waals surface area contributed by atoms with Crippen LogP contribution >= 0.6 is 35.3 Å². The van der Waals surface area contributed by atoms with Gasteiger partial charge in [-0.2, -0.15) is 0 Å². The molecule has 2 N–H and O–H groups in total. The number of hydrogen-bond acceptors (Lipinski definition) is 4. The number of rotatable bonds is 7. The molecule has 2 aromatic rings. The van der Waals surface area contributed by atoms with Gasteiger partial charge in [0.25, 0.3) is 0 Å². The number of anilines is 1. The van der Waals surface area contributed by atoms with Gasteiger partial charge < -0.3 is 15.5 Å².